The quantitative estimate of drug-likeness (QED) is 0.652. The van der Waals surface area contributed by atoms with Crippen LogP contribution >= 0.6 is 0 Å². The van der Waals surface area contributed by atoms with Crippen LogP contribution in [0.1, 0.15) is 23.1 Å². The minimum atomic E-state index is -3.58. The third-order valence-corrected chi connectivity index (χ3v) is 5.80. The smallest absolute Gasteiger partial charge is 0.240 e. The predicted molar refractivity (Wildman–Crippen MR) is 112 cm³/mol. The van der Waals surface area contributed by atoms with Gasteiger partial charge in [-0.1, -0.05) is 30.3 Å². The van der Waals surface area contributed by atoms with E-state index in [1.54, 1.807) is 19.2 Å². The van der Waals surface area contributed by atoms with Crippen molar-refractivity contribution in [1.29, 1.82) is 0 Å². The van der Waals surface area contributed by atoms with Gasteiger partial charge in [0, 0.05) is 6.54 Å². The van der Waals surface area contributed by atoms with E-state index in [9.17, 15) is 13.2 Å². The van der Waals surface area contributed by atoms with Crippen molar-refractivity contribution >= 4 is 21.6 Å². The zero-order valence-electron chi connectivity index (χ0n) is 16.9. The largest absolute Gasteiger partial charge is 0.496 e. The summed E-state index contributed by atoms with van der Waals surface area (Å²) in [5.41, 5.74) is 3.43. The number of aryl methyl sites for hydroxylation is 2. The molecule has 0 aliphatic heterocycles. The molecule has 0 aromatic heterocycles. The van der Waals surface area contributed by atoms with Crippen LogP contribution in [0.3, 0.4) is 0 Å². The Morgan fingerprint density at radius 1 is 1.11 bits per heavy atom. The lowest BCUT2D eigenvalue weighted by molar-refractivity contribution is -0.119. The van der Waals surface area contributed by atoms with Crippen LogP contribution in [-0.4, -0.2) is 40.8 Å². The van der Waals surface area contributed by atoms with E-state index >= 15 is 0 Å². The van der Waals surface area contributed by atoms with Crippen LogP contribution in [0.25, 0.3) is 0 Å². The normalized spacial score (nSPS) is 11.1. The first-order chi connectivity index (χ1) is 13.2. The van der Waals surface area contributed by atoms with Crippen molar-refractivity contribution in [2.24, 2.45) is 0 Å². The monoisotopic (exact) mass is 404 g/mol. The topological polar surface area (TPSA) is 75.7 Å². The van der Waals surface area contributed by atoms with Crippen molar-refractivity contribution in [1.82, 2.24) is 5.32 Å². The van der Waals surface area contributed by atoms with Gasteiger partial charge in [0.05, 0.1) is 19.1 Å². The lowest BCUT2D eigenvalue weighted by atomic mass is 10.1. The maximum absolute atomic E-state index is 12.4. The van der Waals surface area contributed by atoms with Crippen LogP contribution in [0.15, 0.2) is 42.5 Å². The molecular weight excluding hydrogens is 376 g/mol. The highest BCUT2D eigenvalue weighted by Crippen LogP contribution is 2.24. The van der Waals surface area contributed by atoms with E-state index in [0.717, 1.165) is 45.8 Å². The highest BCUT2D eigenvalue weighted by molar-refractivity contribution is 7.92. The van der Waals surface area contributed by atoms with Gasteiger partial charge in [0.2, 0.25) is 15.9 Å². The molecule has 1 N–H and O–H groups in total. The van der Waals surface area contributed by atoms with Crippen molar-refractivity contribution in [3.8, 4) is 5.75 Å². The Balaban J connectivity index is 1.96. The Kier molecular flexibility index (Phi) is 7.45. The van der Waals surface area contributed by atoms with E-state index in [2.05, 4.69) is 5.32 Å². The van der Waals surface area contributed by atoms with Gasteiger partial charge in [0.25, 0.3) is 0 Å². The molecule has 1 amide bonds. The van der Waals surface area contributed by atoms with Crippen molar-refractivity contribution < 1.29 is 17.9 Å². The van der Waals surface area contributed by atoms with Gasteiger partial charge in [-0.15, -0.1) is 0 Å². The van der Waals surface area contributed by atoms with Gasteiger partial charge in [-0.05, 0) is 55.5 Å². The molecule has 2 rings (SSSR count). The molecule has 0 saturated heterocycles. The first kappa shape index (κ1) is 21.8. The molecule has 28 heavy (non-hydrogen) atoms. The molecule has 0 aliphatic carbocycles. The summed E-state index contributed by atoms with van der Waals surface area (Å²) >= 11 is 0. The van der Waals surface area contributed by atoms with Crippen LogP contribution < -0.4 is 14.4 Å². The Morgan fingerprint density at radius 2 is 1.82 bits per heavy atom. The Labute approximate surface area is 167 Å². The number of anilines is 1. The second kappa shape index (κ2) is 9.59. The predicted octanol–water partition coefficient (Wildman–Crippen LogP) is 2.83. The fraction of sp³-hybridized carbons (Fsp3) is 0.381. The highest BCUT2D eigenvalue weighted by Gasteiger charge is 2.22. The number of carbonyl (C=O) groups excluding carboxylic acids is 1. The number of hydrogen-bond donors (Lipinski definition) is 1. The Hall–Kier alpha value is -2.54. The van der Waals surface area contributed by atoms with E-state index in [1.165, 1.54) is 0 Å². The maximum atomic E-state index is 12.4. The van der Waals surface area contributed by atoms with Gasteiger partial charge in [0.1, 0.15) is 12.3 Å². The number of sulfonamides is 1. The van der Waals surface area contributed by atoms with Crippen molar-refractivity contribution in [3.05, 3.63) is 59.2 Å². The van der Waals surface area contributed by atoms with Crippen molar-refractivity contribution in [2.45, 2.75) is 26.7 Å². The van der Waals surface area contributed by atoms with Crippen molar-refractivity contribution in [2.75, 3.05) is 30.8 Å². The first-order valence-electron chi connectivity index (χ1n) is 9.16. The zero-order chi connectivity index (χ0) is 20.7. The molecule has 0 saturated carbocycles. The number of benzene rings is 2. The lowest BCUT2D eigenvalue weighted by Gasteiger charge is -2.24. The zero-order valence-corrected chi connectivity index (χ0v) is 17.7. The van der Waals surface area contributed by atoms with Crippen LogP contribution in [0.2, 0.25) is 0 Å². The van der Waals surface area contributed by atoms with E-state index in [1.807, 2.05) is 44.2 Å². The molecule has 0 atom stereocenters. The Morgan fingerprint density at radius 3 is 2.50 bits per heavy atom. The molecule has 6 nitrogen and oxygen atoms in total. The summed E-state index contributed by atoms with van der Waals surface area (Å²) in [6.45, 7) is 3.99. The molecule has 0 heterocycles. The standard InChI is InChI=1S/C21H28N2O4S/c1-16-9-7-12-19(17(16)2)23(28(4,25)26)15-21(24)22-14-8-11-18-10-5-6-13-20(18)27-3/h5-7,9-10,12-13H,8,11,14-15H2,1-4H3,(H,22,24). The fourth-order valence-electron chi connectivity index (χ4n) is 2.99. The lowest BCUT2D eigenvalue weighted by Crippen LogP contribution is -2.41. The second-order valence-electron chi connectivity index (χ2n) is 6.75. The number of para-hydroxylation sites is 1. The summed E-state index contributed by atoms with van der Waals surface area (Å²) < 4.78 is 31.0. The van der Waals surface area contributed by atoms with Gasteiger partial charge >= 0.3 is 0 Å². The Bertz CT molecular complexity index is 926. The van der Waals surface area contributed by atoms with E-state index in [0.29, 0.717) is 12.2 Å². The van der Waals surface area contributed by atoms with Gasteiger partial charge in [-0.2, -0.15) is 0 Å². The van der Waals surface area contributed by atoms with E-state index in [-0.39, 0.29) is 12.5 Å². The number of rotatable bonds is 9. The molecule has 2 aromatic carbocycles. The van der Waals surface area contributed by atoms with Crippen LogP contribution in [0.5, 0.6) is 5.75 Å². The molecule has 0 aliphatic rings. The SMILES string of the molecule is COc1ccccc1CCCNC(=O)CN(c1cccc(C)c1C)S(C)(=O)=O. The molecule has 2 aromatic rings. The van der Waals surface area contributed by atoms with E-state index < -0.39 is 10.0 Å². The van der Waals surface area contributed by atoms with Crippen LogP contribution in [0, 0.1) is 13.8 Å². The number of ether oxygens (including phenoxy) is 1. The number of hydrogen-bond acceptors (Lipinski definition) is 4. The van der Waals surface area contributed by atoms with Gasteiger partial charge in [0.15, 0.2) is 0 Å². The van der Waals surface area contributed by atoms with Gasteiger partial charge in [-0.25, -0.2) is 8.42 Å². The second-order valence-corrected chi connectivity index (χ2v) is 8.66. The highest BCUT2D eigenvalue weighted by atomic mass is 32.2. The summed E-state index contributed by atoms with van der Waals surface area (Å²) in [6, 6.07) is 13.2. The molecule has 0 fully saturated rings. The van der Waals surface area contributed by atoms with Crippen LogP contribution in [0.4, 0.5) is 5.69 Å². The number of nitrogens with one attached hydrogen (secondary N) is 1. The first-order valence-corrected chi connectivity index (χ1v) is 11.0. The van der Waals surface area contributed by atoms with E-state index in [4.69, 9.17) is 4.74 Å². The third kappa shape index (κ3) is 5.73. The van der Waals surface area contributed by atoms with Gasteiger partial charge < -0.3 is 10.1 Å². The minimum Gasteiger partial charge on any atom is -0.496 e. The summed E-state index contributed by atoms with van der Waals surface area (Å²) in [6.07, 6.45) is 2.61. The molecule has 0 bridgehead atoms. The molecule has 0 spiro atoms. The average molecular weight is 405 g/mol. The van der Waals surface area contributed by atoms with Crippen molar-refractivity contribution in [3.63, 3.8) is 0 Å². The molecule has 0 unspecified atom stereocenters. The molecule has 7 heteroatoms. The molecule has 0 radical (unpaired) electrons. The summed E-state index contributed by atoms with van der Waals surface area (Å²) in [5.74, 6) is 0.498. The number of nitrogens with zero attached hydrogens (tertiary/aromatic N) is 1. The number of carbonyl (C=O) groups is 1. The number of methoxy groups -OCH3 is 1. The van der Waals surface area contributed by atoms with Gasteiger partial charge in [-0.3, -0.25) is 9.10 Å². The average Bonchev–Trinajstić information content (AvgIpc) is 2.65. The molecule has 152 valence electrons. The summed E-state index contributed by atoms with van der Waals surface area (Å²) in [7, 11) is -1.95. The summed E-state index contributed by atoms with van der Waals surface area (Å²) in [5, 5.41) is 2.81. The minimum absolute atomic E-state index is 0.238. The fourth-order valence-corrected chi connectivity index (χ4v) is 3.90. The third-order valence-electron chi connectivity index (χ3n) is 4.67. The van der Waals surface area contributed by atoms with Crippen LogP contribution in [-0.2, 0) is 21.2 Å². The molecular formula is C21H28N2O4S. The summed E-state index contributed by atoms with van der Waals surface area (Å²) in [4.78, 5) is 12.4. The number of amides is 1. The maximum Gasteiger partial charge on any atom is 0.240 e.